The normalized spacial score (nSPS) is 16.2. The number of amides is 1. The summed E-state index contributed by atoms with van der Waals surface area (Å²) in [7, 11) is 0. The lowest BCUT2D eigenvalue weighted by atomic mass is 10.1. The van der Waals surface area contributed by atoms with Gasteiger partial charge in [-0.15, -0.1) is 0 Å². The van der Waals surface area contributed by atoms with E-state index in [0.717, 1.165) is 18.6 Å². The number of nitrogens with zero attached hydrogens (tertiary/aromatic N) is 3. The first-order valence-electron chi connectivity index (χ1n) is 9.39. The molecule has 1 aliphatic rings. The van der Waals surface area contributed by atoms with Crippen molar-refractivity contribution in [2.24, 2.45) is 0 Å². The van der Waals surface area contributed by atoms with Crippen molar-refractivity contribution in [1.29, 1.82) is 0 Å². The van der Waals surface area contributed by atoms with Crippen molar-refractivity contribution in [2.75, 3.05) is 13.2 Å². The van der Waals surface area contributed by atoms with Crippen LogP contribution in [0.5, 0.6) is 5.75 Å². The summed E-state index contributed by atoms with van der Waals surface area (Å²) in [5.74, 6) is -0.643. The monoisotopic (exact) mass is 399 g/mol. The van der Waals surface area contributed by atoms with E-state index < -0.39 is 11.6 Å². The predicted octanol–water partition coefficient (Wildman–Crippen LogP) is 4.39. The van der Waals surface area contributed by atoms with Gasteiger partial charge in [-0.25, -0.2) is 8.78 Å². The summed E-state index contributed by atoms with van der Waals surface area (Å²) in [5.41, 5.74) is 0.577. The van der Waals surface area contributed by atoms with Crippen molar-refractivity contribution < 1.29 is 22.8 Å². The molecule has 1 aliphatic heterocycles. The lowest BCUT2D eigenvalue weighted by molar-refractivity contribution is 0.0710. The van der Waals surface area contributed by atoms with Gasteiger partial charge < -0.3 is 14.2 Å². The second-order valence-corrected chi connectivity index (χ2v) is 6.69. The molecule has 0 aliphatic carbocycles. The first-order valence-corrected chi connectivity index (χ1v) is 9.39. The van der Waals surface area contributed by atoms with Crippen molar-refractivity contribution in [3.05, 3.63) is 65.6 Å². The van der Waals surface area contributed by atoms with Crippen LogP contribution < -0.4 is 4.74 Å². The number of likely N-dealkylation sites (tertiary alicyclic amines) is 1. The molecule has 0 saturated carbocycles. The minimum absolute atomic E-state index is 0.0258. The Morgan fingerprint density at radius 2 is 2.03 bits per heavy atom. The maximum atomic E-state index is 14.0. The summed E-state index contributed by atoms with van der Waals surface area (Å²) in [4.78, 5) is 18.9. The van der Waals surface area contributed by atoms with Crippen LogP contribution in [-0.4, -0.2) is 34.1 Å². The number of hydrogen-bond donors (Lipinski definition) is 0. The van der Waals surface area contributed by atoms with Gasteiger partial charge in [-0.2, -0.15) is 4.98 Å². The minimum Gasteiger partial charge on any atom is -0.494 e. The van der Waals surface area contributed by atoms with Gasteiger partial charge in [0.05, 0.1) is 12.2 Å². The molecule has 2 heterocycles. The largest absolute Gasteiger partial charge is 0.494 e. The van der Waals surface area contributed by atoms with Crippen LogP contribution in [-0.2, 0) is 0 Å². The summed E-state index contributed by atoms with van der Waals surface area (Å²) < 4.78 is 37.9. The molecule has 1 amide bonds. The van der Waals surface area contributed by atoms with Gasteiger partial charge in [0.1, 0.15) is 23.4 Å². The Labute approximate surface area is 166 Å². The Morgan fingerprint density at radius 3 is 2.76 bits per heavy atom. The van der Waals surface area contributed by atoms with Gasteiger partial charge in [0, 0.05) is 18.2 Å². The van der Waals surface area contributed by atoms with Crippen LogP contribution >= 0.6 is 0 Å². The molecule has 8 heteroatoms. The molecular formula is C21H19F2N3O3. The molecular weight excluding hydrogens is 380 g/mol. The fraction of sp³-hybridized carbons (Fsp3) is 0.286. The highest BCUT2D eigenvalue weighted by molar-refractivity contribution is 5.94. The number of hydrogen-bond acceptors (Lipinski definition) is 5. The maximum Gasteiger partial charge on any atom is 0.254 e. The second-order valence-electron chi connectivity index (χ2n) is 6.69. The fourth-order valence-electron chi connectivity index (χ4n) is 3.44. The Kier molecular flexibility index (Phi) is 5.24. The molecule has 0 bridgehead atoms. The lowest BCUT2D eigenvalue weighted by Gasteiger charge is -2.22. The molecule has 0 unspecified atom stereocenters. The number of carbonyl (C=O) groups is 1. The van der Waals surface area contributed by atoms with E-state index in [1.54, 1.807) is 29.2 Å². The topological polar surface area (TPSA) is 68.5 Å². The summed E-state index contributed by atoms with van der Waals surface area (Å²) >= 11 is 0. The number of rotatable bonds is 5. The van der Waals surface area contributed by atoms with E-state index in [1.807, 2.05) is 6.92 Å². The summed E-state index contributed by atoms with van der Waals surface area (Å²) in [6, 6.07) is 9.71. The summed E-state index contributed by atoms with van der Waals surface area (Å²) in [6.07, 6.45) is 1.45. The molecule has 150 valence electrons. The third-order valence-corrected chi connectivity index (χ3v) is 4.82. The molecule has 1 fully saturated rings. The number of aromatic nitrogens is 2. The highest BCUT2D eigenvalue weighted by Crippen LogP contribution is 2.33. The summed E-state index contributed by atoms with van der Waals surface area (Å²) in [5, 5.41) is 3.82. The highest BCUT2D eigenvalue weighted by atomic mass is 19.1. The van der Waals surface area contributed by atoms with Crippen LogP contribution in [0.1, 0.15) is 42.1 Å². The van der Waals surface area contributed by atoms with Crippen LogP contribution in [0.2, 0.25) is 0 Å². The quantitative estimate of drug-likeness (QED) is 0.636. The molecule has 0 radical (unpaired) electrons. The number of halogens is 2. The average molecular weight is 399 g/mol. The average Bonchev–Trinajstić information content (AvgIpc) is 3.38. The van der Waals surface area contributed by atoms with Crippen LogP contribution in [0, 0.1) is 11.6 Å². The van der Waals surface area contributed by atoms with E-state index in [0.29, 0.717) is 30.9 Å². The molecule has 1 atom stereocenters. The Hall–Kier alpha value is -3.29. The molecule has 3 aromatic rings. The first kappa shape index (κ1) is 19.0. The molecule has 6 nitrogen and oxygen atoms in total. The van der Waals surface area contributed by atoms with Crippen LogP contribution in [0.3, 0.4) is 0 Å². The molecule has 29 heavy (non-hydrogen) atoms. The van der Waals surface area contributed by atoms with Crippen LogP contribution in [0.15, 0.2) is 47.0 Å². The standard InChI is InChI=1S/C21H19F2N3O3/c1-2-28-15-8-5-13(6-9-15)21(27)26-11-3-4-18(26)20-24-19(25-29-20)16-10-7-14(22)12-17(16)23/h5-10,12,18H,2-4,11H2,1H3/t18-/m1/s1. The van der Waals surface area contributed by atoms with E-state index in [1.165, 1.54) is 6.07 Å². The van der Waals surface area contributed by atoms with Gasteiger partial charge in [-0.3, -0.25) is 4.79 Å². The summed E-state index contributed by atoms with van der Waals surface area (Å²) in [6.45, 7) is 3.00. The third-order valence-electron chi connectivity index (χ3n) is 4.82. The van der Waals surface area contributed by atoms with Crippen molar-refractivity contribution in [1.82, 2.24) is 15.0 Å². The van der Waals surface area contributed by atoms with Crippen molar-refractivity contribution in [3.63, 3.8) is 0 Å². The third kappa shape index (κ3) is 3.83. The van der Waals surface area contributed by atoms with E-state index in [-0.39, 0.29) is 29.2 Å². The van der Waals surface area contributed by atoms with Crippen LogP contribution in [0.4, 0.5) is 8.78 Å². The van der Waals surface area contributed by atoms with Gasteiger partial charge in [-0.05, 0) is 56.2 Å². The SMILES string of the molecule is CCOc1ccc(C(=O)N2CCC[C@@H]2c2nc(-c3ccc(F)cc3F)no2)cc1. The minimum atomic E-state index is -0.772. The number of benzene rings is 2. The molecule has 0 spiro atoms. The fourth-order valence-corrected chi connectivity index (χ4v) is 3.44. The Balaban J connectivity index is 1.55. The zero-order chi connectivity index (χ0) is 20.4. The van der Waals surface area contributed by atoms with E-state index >= 15 is 0 Å². The molecule has 4 rings (SSSR count). The van der Waals surface area contributed by atoms with Crippen LogP contribution in [0.25, 0.3) is 11.4 Å². The van der Waals surface area contributed by atoms with E-state index in [4.69, 9.17) is 9.26 Å². The van der Waals surface area contributed by atoms with Gasteiger partial charge >= 0.3 is 0 Å². The van der Waals surface area contributed by atoms with Crippen molar-refractivity contribution in [2.45, 2.75) is 25.8 Å². The predicted molar refractivity (Wildman–Crippen MR) is 100 cm³/mol. The zero-order valence-corrected chi connectivity index (χ0v) is 15.8. The molecule has 0 N–H and O–H groups in total. The van der Waals surface area contributed by atoms with Gasteiger partial charge in [0.2, 0.25) is 11.7 Å². The molecule has 2 aromatic carbocycles. The zero-order valence-electron chi connectivity index (χ0n) is 15.8. The first-order chi connectivity index (χ1) is 14.1. The van der Waals surface area contributed by atoms with Gasteiger partial charge in [0.25, 0.3) is 5.91 Å². The Bertz CT molecular complexity index is 1020. The smallest absolute Gasteiger partial charge is 0.254 e. The van der Waals surface area contributed by atoms with Crippen molar-refractivity contribution >= 4 is 5.91 Å². The molecule has 1 saturated heterocycles. The maximum absolute atomic E-state index is 14.0. The van der Waals surface area contributed by atoms with Crippen molar-refractivity contribution in [3.8, 4) is 17.1 Å². The lowest BCUT2D eigenvalue weighted by Crippen LogP contribution is -2.30. The number of ether oxygens (including phenoxy) is 1. The van der Waals surface area contributed by atoms with E-state index in [2.05, 4.69) is 10.1 Å². The van der Waals surface area contributed by atoms with Gasteiger partial charge in [-0.1, -0.05) is 5.16 Å². The molecule has 1 aromatic heterocycles. The Morgan fingerprint density at radius 1 is 1.24 bits per heavy atom. The van der Waals surface area contributed by atoms with Gasteiger partial charge in [0.15, 0.2) is 0 Å². The highest BCUT2D eigenvalue weighted by Gasteiger charge is 2.34. The van der Waals surface area contributed by atoms with E-state index in [9.17, 15) is 13.6 Å². The second kappa shape index (κ2) is 7.98. The number of carbonyl (C=O) groups excluding carboxylic acids is 1.